The van der Waals surface area contributed by atoms with E-state index in [1.165, 1.54) is 0 Å². The summed E-state index contributed by atoms with van der Waals surface area (Å²) in [6, 6.07) is 3.92. The number of aromatic nitrogens is 2. The van der Waals surface area contributed by atoms with Crippen LogP contribution >= 0.6 is 23.2 Å². The number of piperazine rings is 1. The fourth-order valence-electron chi connectivity index (χ4n) is 3.53. The molecule has 0 aliphatic carbocycles. The number of amidine groups is 1. The van der Waals surface area contributed by atoms with Crippen LogP contribution in [-0.2, 0) is 0 Å². The number of hydrogen-bond acceptors (Lipinski definition) is 6. The molecule has 1 saturated heterocycles. The van der Waals surface area contributed by atoms with Crippen LogP contribution in [-0.4, -0.2) is 52.4 Å². The average Bonchev–Trinajstić information content (AvgIpc) is 2.68. The summed E-state index contributed by atoms with van der Waals surface area (Å²) in [6.07, 6.45) is 6.84. The van der Waals surface area contributed by atoms with Crippen LogP contribution < -0.4 is 16.2 Å². The van der Waals surface area contributed by atoms with Gasteiger partial charge >= 0.3 is 0 Å². The first-order chi connectivity index (χ1) is 13.8. The van der Waals surface area contributed by atoms with Crippen molar-refractivity contribution in [3.05, 3.63) is 52.5 Å². The average molecular weight is 436 g/mol. The molecule has 0 bridgehead atoms. The molecule has 3 rings (SSSR count). The number of nitrogens with zero attached hydrogens (tertiary/aromatic N) is 5. The number of aliphatic imine (C=N–C) groups is 1. The van der Waals surface area contributed by atoms with Gasteiger partial charge in [-0.05, 0) is 38.5 Å². The smallest absolute Gasteiger partial charge is 0.133 e. The molecule has 29 heavy (non-hydrogen) atoms. The van der Waals surface area contributed by atoms with E-state index in [4.69, 9.17) is 34.0 Å². The second-order valence-electron chi connectivity index (χ2n) is 7.97. The molecule has 1 aliphatic heterocycles. The highest BCUT2D eigenvalue weighted by molar-refractivity contribution is 6.38. The highest BCUT2D eigenvalue weighted by Gasteiger charge is 2.31. The standard InChI is InChI=1S/C20H27Cl2N7/c1-20(2,3)26-19(27-23)17(14-4-6-24-7-5-14)28-8-10-29(11-9-28)18-15(21)12-25-13-16(18)22/h4-7,12-13,17H,8-11,23H2,1-3H3,(H,26,27). The minimum atomic E-state index is -0.257. The Labute approximate surface area is 181 Å². The van der Waals surface area contributed by atoms with Crippen LogP contribution in [0.15, 0.2) is 41.9 Å². The summed E-state index contributed by atoms with van der Waals surface area (Å²) in [5, 5.41) is 1.13. The van der Waals surface area contributed by atoms with E-state index in [0.717, 1.165) is 43.3 Å². The summed E-state index contributed by atoms with van der Waals surface area (Å²) in [5.74, 6) is 6.64. The highest BCUT2D eigenvalue weighted by atomic mass is 35.5. The monoisotopic (exact) mass is 435 g/mol. The first-order valence-corrected chi connectivity index (χ1v) is 10.3. The van der Waals surface area contributed by atoms with Gasteiger partial charge in [0.05, 0.1) is 27.3 Å². The number of nitrogens with one attached hydrogen (secondary N) is 1. The second kappa shape index (κ2) is 9.26. The molecular weight excluding hydrogens is 409 g/mol. The largest absolute Gasteiger partial charge is 0.366 e. The molecule has 0 aromatic carbocycles. The van der Waals surface area contributed by atoms with E-state index < -0.39 is 0 Å². The van der Waals surface area contributed by atoms with Crippen molar-refractivity contribution in [1.29, 1.82) is 0 Å². The molecule has 9 heteroatoms. The number of anilines is 1. The van der Waals surface area contributed by atoms with Crippen molar-refractivity contribution >= 4 is 34.7 Å². The van der Waals surface area contributed by atoms with Gasteiger partial charge in [0.25, 0.3) is 0 Å². The van der Waals surface area contributed by atoms with Crippen LogP contribution in [0.2, 0.25) is 10.0 Å². The summed E-state index contributed by atoms with van der Waals surface area (Å²) in [5.41, 5.74) is 4.51. The summed E-state index contributed by atoms with van der Waals surface area (Å²) >= 11 is 12.7. The molecule has 0 radical (unpaired) electrons. The van der Waals surface area contributed by atoms with Gasteiger partial charge in [0, 0.05) is 51.0 Å². The van der Waals surface area contributed by atoms with Crippen LogP contribution in [0, 0.1) is 0 Å². The third-order valence-corrected chi connectivity index (χ3v) is 5.26. The van der Waals surface area contributed by atoms with Gasteiger partial charge in [-0.1, -0.05) is 23.2 Å². The number of nitrogens with two attached hydrogens (primary N) is 1. The summed E-state index contributed by atoms with van der Waals surface area (Å²) in [7, 11) is 0. The molecule has 2 aromatic rings. The van der Waals surface area contributed by atoms with Gasteiger partial charge in [-0.3, -0.25) is 19.9 Å². The van der Waals surface area contributed by atoms with Crippen LogP contribution in [0.3, 0.4) is 0 Å². The lowest BCUT2D eigenvalue weighted by Gasteiger charge is -2.41. The Kier molecular flexibility index (Phi) is 6.95. The van der Waals surface area contributed by atoms with Crippen molar-refractivity contribution in [2.24, 2.45) is 10.8 Å². The van der Waals surface area contributed by atoms with Crippen LogP contribution in [0.4, 0.5) is 5.69 Å². The van der Waals surface area contributed by atoms with Gasteiger partial charge in [-0.25, -0.2) is 5.84 Å². The van der Waals surface area contributed by atoms with Crippen molar-refractivity contribution in [3.63, 3.8) is 0 Å². The fraction of sp³-hybridized carbons (Fsp3) is 0.450. The van der Waals surface area contributed by atoms with Crippen LogP contribution in [0.25, 0.3) is 0 Å². The van der Waals surface area contributed by atoms with E-state index in [-0.39, 0.29) is 11.6 Å². The topological polar surface area (TPSA) is 82.7 Å². The Morgan fingerprint density at radius 2 is 1.66 bits per heavy atom. The third kappa shape index (κ3) is 5.36. The molecule has 0 spiro atoms. The van der Waals surface area contributed by atoms with E-state index in [1.807, 2.05) is 12.1 Å². The molecule has 156 valence electrons. The quantitative estimate of drug-likeness (QED) is 0.331. The van der Waals surface area contributed by atoms with Crippen molar-refractivity contribution in [2.45, 2.75) is 32.4 Å². The summed E-state index contributed by atoms with van der Waals surface area (Å²) < 4.78 is 0. The summed E-state index contributed by atoms with van der Waals surface area (Å²) in [6.45, 7) is 9.31. The molecule has 1 aliphatic rings. The molecule has 2 aromatic heterocycles. The zero-order valence-electron chi connectivity index (χ0n) is 16.9. The number of pyridine rings is 2. The zero-order chi connectivity index (χ0) is 21.0. The van der Waals surface area contributed by atoms with Gasteiger partial charge in [-0.15, -0.1) is 0 Å². The zero-order valence-corrected chi connectivity index (χ0v) is 18.5. The lowest BCUT2D eigenvalue weighted by atomic mass is 10.0. The van der Waals surface area contributed by atoms with Crippen molar-refractivity contribution in [3.8, 4) is 0 Å². The molecule has 1 unspecified atom stereocenters. The Balaban J connectivity index is 1.86. The number of hydrazine groups is 1. The molecule has 1 fully saturated rings. The number of rotatable bonds is 4. The molecule has 0 amide bonds. The highest BCUT2D eigenvalue weighted by Crippen LogP contribution is 2.34. The van der Waals surface area contributed by atoms with Crippen molar-refractivity contribution in [1.82, 2.24) is 20.3 Å². The fourth-order valence-corrected chi connectivity index (χ4v) is 4.14. The van der Waals surface area contributed by atoms with Crippen LogP contribution in [0.1, 0.15) is 32.4 Å². The first kappa shape index (κ1) is 21.8. The van der Waals surface area contributed by atoms with Gasteiger partial charge in [-0.2, -0.15) is 0 Å². The molecule has 7 nitrogen and oxygen atoms in total. The van der Waals surface area contributed by atoms with Gasteiger partial charge < -0.3 is 10.3 Å². The SMILES string of the molecule is CC(C)(C)N=C(NN)C(c1ccncc1)N1CCN(c2c(Cl)cncc2Cl)CC1. The Morgan fingerprint density at radius 3 is 2.17 bits per heavy atom. The van der Waals surface area contributed by atoms with E-state index in [2.05, 4.69) is 46.0 Å². The van der Waals surface area contributed by atoms with E-state index in [1.54, 1.807) is 24.8 Å². The second-order valence-corrected chi connectivity index (χ2v) is 8.78. The normalized spacial score (nSPS) is 17.3. The van der Waals surface area contributed by atoms with E-state index in [9.17, 15) is 0 Å². The third-order valence-electron chi connectivity index (χ3n) is 4.71. The van der Waals surface area contributed by atoms with E-state index >= 15 is 0 Å². The maximum absolute atomic E-state index is 6.35. The van der Waals surface area contributed by atoms with Crippen molar-refractivity contribution < 1.29 is 0 Å². The van der Waals surface area contributed by atoms with Gasteiger partial charge in [0.15, 0.2) is 0 Å². The lowest BCUT2D eigenvalue weighted by molar-refractivity contribution is 0.225. The molecule has 3 heterocycles. The summed E-state index contributed by atoms with van der Waals surface area (Å²) in [4.78, 5) is 17.6. The predicted molar refractivity (Wildman–Crippen MR) is 120 cm³/mol. The van der Waals surface area contributed by atoms with Crippen LogP contribution in [0.5, 0.6) is 0 Å². The van der Waals surface area contributed by atoms with Gasteiger partial charge in [0.2, 0.25) is 0 Å². The Morgan fingerprint density at radius 1 is 1.07 bits per heavy atom. The molecule has 0 saturated carbocycles. The molecular formula is C20H27Cl2N7. The molecule has 1 atom stereocenters. The maximum atomic E-state index is 6.35. The minimum absolute atomic E-state index is 0.0900. The Hall–Kier alpha value is -1.93. The van der Waals surface area contributed by atoms with Crippen molar-refractivity contribution in [2.75, 3.05) is 31.1 Å². The number of hydrogen-bond donors (Lipinski definition) is 2. The molecule has 3 N–H and O–H groups in total. The van der Waals surface area contributed by atoms with E-state index in [0.29, 0.717) is 10.0 Å². The maximum Gasteiger partial charge on any atom is 0.133 e. The first-order valence-electron chi connectivity index (χ1n) is 9.54. The van der Waals surface area contributed by atoms with Gasteiger partial charge in [0.1, 0.15) is 5.84 Å². The predicted octanol–water partition coefficient (Wildman–Crippen LogP) is 3.31. The Bertz CT molecular complexity index is 823. The number of halogens is 2. The minimum Gasteiger partial charge on any atom is -0.366 e. The lowest BCUT2D eigenvalue weighted by Crippen LogP contribution is -2.52.